The summed E-state index contributed by atoms with van der Waals surface area (Å²) < 4.78 is 13.4. The van der Waals surface area contributed by atoms with Gasteiger partial charge in [-0.25, -0.2) is 9.18 Å². The average molecular weight is 286 g/mol. The van der Waals surface area contributed by atoms with Crippen LogP contribution in [0.25, 0.3) is 0 Å². The summed E-state index contributed by atoms with van der Waals surface area (Å²) in [4.78, 5) is 13.8. The number of fused-ring (bicyclic) bond motifs is 1. The highest BCUT2D eigenvalue weighted by Gasteiger charge is 2.38. The van der Waals surface area contributed by atoms with Crippen LogP contribution in [0, 0.1) is 17.7 Å². The first-order valence-corrected chi connectivity index (χ1v) is 6.25. The Balaban J connectivity index is 0.00000133. The molecule has 0 radical (unpaired) electrons. The van der Waals surface area contributed by atoms with E-state index in [9.17, 15) is 9.18 Å². The van der Waals surface area contributed by atoms with Crippen molar-refractivity contribution in [2.24, 2.45) is 11.8 Å². The van der Waals surface area contributed by atoms with Crippen LogP contribution in [0.2, 0.25) is 0 Å². The van der Waals surface area contributed by atoms with Gasteiger partial charge in [-0.3, -0.25) is 0 Å². The lowest BCUT2D eigenvalue weighted by Crippen LogP contribution is -2.35. The lowest BCUT2D eigenvalue weighted by atomic mass is 10.0. The van der Waals surface area contributed by atoms with Crippen molar-refractivity contribution in [3.63, 3.8) is 0 Å². The van der Waals surface area contributed by atoms with Gasteiger partial charge in [0.05, 0.1) is 5.69 Å². The number of hydrogen-bond donors (Lipinski definition) is 2. The van der Waals surface area contributed by atoms with Crippen LogP contribution in [0.1, 0.15) is 0 Å². The van der Waals surface area contributed by atoms with E-state index in [1.165, 1.54) is 6.07 Å². The zero-order valence-corrected chi connectivity index (χ0v) is 11.3. The number of rotatable bonds is 1. The van der Waals surface area contributed by atoms with Gasteiger partial charge in [-0.15, -0.1) is 12.4 Å². The molecule has 6 heteroatoms. The molecule has 0 spiro atoms. The second-order valence-electron chi connectivity index (χ2n) is 4.99. The summed E-state index contributed by atoms with van der Waals surface area (Å²) in [7, 11) is 0. The molecule has 2 fully saturated rings. The van der Waals surface area contributed by atoms with Crippen LogP contribution in [-0.2, 0) is 0 Å². The van der Waals surface area contributed by atoms with Crippen LogP contribution in [0.3, 0.4) is 0 Å². The predicted molar refractivity (Wildman–Crippen MR) is 74.1 cm³/mol. The number of carbonyl (C=O) groups is 1. The standard InChI is InChI=1S/C13H16FN3O.ClH/c14-11-3-1-2-4-12(11)16-13(18)17-7-9-5-15-6-10(9)8-17;/h1-4,9-10,15H,5-8H2,(H,16,18);1H. The number of carbonyl (C=O) groups excluding carboxylic acids is 1. The number of halogens is 2. The van der Waals surface area contributed by atoms with Crippen LogP contribution >= 0.6 is 12.4 Å². The van der Waals surface area contributed by atoms with Crippen molar-refractivity contribution < 1.29 is 9.18 Å². The normalized spacial score (nSPS) is 24.8. The van der Waals surface area contributed by atoms with Crippen molar-refractivity contribution in [3.8, 4) is 0 Å². The zero-order chi connectivity index (χ0) is 12.5. The first-order valence-electron chi connectivity index (χ1n) is 6.25. The maximum Gasteiger partial charge on any atom is 0.321 e. The minimum Gasteiger partial charge on any atom is -0.324 e. The molecule has 3 rings (SSSR count). The Bertz CT molecular complexity index is 459. The Labute approximate surface area is 117 Å². The van der Waals surface area contributed by atoms with Gasteiger partial charge in [0.1, 0.15) is 5.82 Å². The maximum atomic E-state index is 13.4. The van der Waals surface area contributed by atoms with Crippen molar-refractivity contribution >= 4 is 24.1 Å². The largest absolute Gasteiger partial charge is 0.324 e. The van der Waals surface area contributed by atoms with Crippen molar-refractivity contribution in [1.29, 1.82) is 0 Å². The molecule has 2 atom stereocenters. The molecule has 2 amide bonds. The van der Waals surface area contributed by atoms with Gasteiger partial charge in [-0.1, -0.05) is 12.1 Å². The van der Waals surface area contributed by atoms with Crippen LogP contribution in [0.5, 0.6) is 0 Å². The van der Waals surface area contributed by atoms with Gasteiger partial charge in [-0.05, 0) is 24.0 Å². The average Bonchev–Trinajstić information content (AvgIpc) is 2.92. The lowest BCUT2D eigenvalue weighted by molar-refractivity contribution is 0.219. The van der Waals surface area contributed by atoms with Crippen molar-refractivity contribution in [1.82, 2.24) is 10.2 Å². The Kier molecular flexibility index (Phi) is 4.27. The summed E-state index contributed by atoms with van der Waals surface area (Å²) in [5.41, 5.74) is 0.248. The Morgan fingerprint density at radius 1 is 1.26 bits per heavy atom. The molecule has 2 saturated heterocycles. The molecule has 1 aromatic rings. The number of anilines is 1. The van der Waals surface area contributed by atoms with Gasteiger partial charge < -0.3 is 15.5 Å². The molecule has 0 bridgehead atoms. The van der Waals surface area contributed by atoms with Crippen LogP contribution < -0.4 is 10.6 Å². The fourth-order valence-electron chi connectivity index (χ4n) is 2.78. The molecule has 2 aliphatic heterocycles. The monoisotopic (exact) mass is 285 g/mol. The van der Waals surface area contributed by atoms with Crippen LogP contribution in [-0.4, -0.2) is 37.1 Å². The first kappa shape index (κ1) is 14.1. The van der Waals surface area contributed by atoms with E-state index in [1.54, 1.807) is 23.1 Å². The molecule has 1 aromatic carbocycles. The third-order valence-corrected chi connectivity index (χ3v) is 3.79. The highest BCUT2D eigenvalue weighted by molar-refractivity contribution is 5.89. The van der Waals surface area contributed by atoms with Crippen molar-refractivity contribution in [2.45, 2.75) is 0 Å². The Morgan fingerprint density at radius 2 is 1.89 bits per heavy atom. The van der Waals surface area contributed by atoms with E-state index in [0.717, 1.165) is 26.2 Å². The molecule has 0 aromatic heterocycles. The minimum atomic E-state index is -0.396. The van der Waals surface area contributed by atoms with Gasteiger partial charge in [-0.2, -0.15) is 0 Å². The SMILES string of the molecule is Cl.O=C(Nc1ccccc1F)N1CC2CNCC2C1. The molecule has 2 N–H and O–H groups in total. The summed E-state index contributed by atoms with van der Waals surface area (Å²) in [6.45, 7) is 3.48. The van der Waals surface area contributed by atoms with Crippen LogP contribution in [0.15, 0.2) is 24.3 Å². The molecule has 4 nitrogen and oxygen atoms in total. The third-order valence-electron chi connectivity index (χ3n) is 3.79. The van der Waals surface area contributed by atoms with E-state index in [0.29, 0.717) is 11.8 Å². The Hall–Kier alpha value is -1.33. The quantitative estimate of drug-likeness (QED) is 0.828. The van der Waals surface area contributed by atoms with E-state index in [1.807, 2.05) is 0 Å². The molecule has 104 valence electrons. The summed E-state index contributed by atoms with van der Waals surface area (Å²) >= 11 is 0. The topological polar surface area (TPSA) is 44.4 Å². The smallest absolute Gasteiger partial charge is 0.321 e. The van der Waals surface area contributed by atoms with E-state index >= 15 is 0 Å². The fraction of sp³-hybridized carbons (Fsp3) is 0.462. The number of nitrogens with zero attached hydrogens (tertiary/aromatic N) is 1. The summed E-state index contributed by atoms with van der Waals surface area (Å²) in [6, 6.07) is 6.04. The molecular weight excluding hydrogens is 269 g/mol. The first-order chi connectivity index (χ1) is 8.74. The van der Waals surface area contributed by atoms with E-state index in [-0.39, 0.29) is 24.1 Å². The second-order valence-corrected chi connectivity index (χ2v) is 4.99. The molecular formula is C13H17ClFN3O. The van der Waals surface area contributed by atoms with Gasteiger partial charge in [0.25, 0.3) is 0 Å². The van der Waals surface area contributed by atoms with E-state index < -0.39 is 5.82 Å². The predicted octanol–water partition coefficient (Wildman–Crippen LogP) is 1.93. The highest BCUT2D eigenvalue weighted by Crippen LogP contribution is 2.26. The number of para-hydroxylation sites is 1. The highest BCUT2D eigenvalue weighted by atomic mass is 35.5. The summed E-state index contributed by atoms with van der Waals surface area (Å²) in [5, 5.41) is 5.96. The molecule has 2 aliphatic rings. The van der Waals surface area contributed by atoms with Gasteiger partial charge >= 0.3 is 6.03 Å². The second kappa shape index (κ2) is 5.75. The number of benzene rings is 1. The van der Waals surface area contributed by atoms with E-state index in [2.05, 4.69) is 10.6 Å². The number of nitrogens with one attached hydrogen (secondary N) is 2. The van der Waals surface area contributed by atoms with Crippen molar-refractivity contribution in [3.05, 3.63) is 30.1 Å². The van der Waals surface area contributed by atoms with Gasteiger partial charge in [0.2, 0.25) is 0 Å². The lowest BCUT2D eigenvalue weighted by Gasteiger charge is -2.18. The van der Waals surface area contributed by atoms with Gasteiger partial charge in [0, 0.05) is 26.2 Å². The molecule has 0 saturated carbocycles. The van der Waals surface area contributed by atoms with E-state index in [4.69, 9.17) is 0 Å². The number of urea groups is 1. The number of amides is 2. The molecule has 2 unspecified atom stereocenters. The molecule has 2 heterocycles. The Morgan fingerprint density at radius 3 is 2.53 bits per heavy atom. The molecule has 0 aliphatic carbocycles. The number of hydrogen-bond acceptors (Lipinski definition) is 2. The minimum absolute atomic E-state index is 0. The zero-order valence-electron chi connectivity index (χ0n) is 10.4. The molecule has 19 heavy (non-hydrogen) atoms. The number of likely N-dealkylation sites (tertiary alicyclic amines) is 1. The van der Waals surface area contributed by atoms with Crippen LogP contribution in [0.4, 0.5) is 14.9 Å². The fourth-order valence-corrected chi connectivity index (χ4v) is 2.78. The summed E-state index contributed by atoms with van der Waals surface area (Å²) in [5.74, 6) is 0.708. The maximum absolute atomic E-state index is 13.4. The van der Waals surface area contributed by atoms with Crippen molar-refractivity contribution in [2.75, 3.05) is 31.5 Å². The van der Waals surface area contributed by atoms with Gasteiger partial charge in [0.15, 0.2) is 0 Å². The third kappa shape index (κ3) is 2.82. The summed E-state index contributed by atoms with van der Waals surface area (Å²) in [6.07, 6.45) is 0.